The Kier molecular flexibility index (Phi) is 13.5. The molecule has 0 N–H and O–H groups in total. The van der Waals surface area contributed by atoms with Crippen LogP contribution in [-0.2, 0) is 13.1 Å². The second kappa shape index (κ2) is 16.1. The van der Waals surface area contributed by atoms with Gasteiger partial charge in [-0.2, -0.15) is 0 Å². The monoisotopic (exact) mass is 466 g/mol. The predicted molar refractivity (Wildman–Crippen MR) is 150 cm³/mol. The van der Waals surface area contributed by atoms with E-state index < -0.39 is 0 Å². The molecule has 0 saturated heterocycles. The van der Waals surface area contributed by atoms with E-state index in [0.717, 1.165) is 0 Å². The summed E-state index contributed by atoms with van der Waals surface area (Å²) in [7, 11) is 0. The molecule has 34 heavy (non-hydrogen) atoms. The van der Waals surface area contributed by atoms with Crippen molar-refractivity contribution in [1.29, 1.82) is 0 Å². The lowest BCUT2D eigenvalue weighted by atomic mass is 10.1. The Balaban J connectivity index is 1.87. The van der Waals surface area contributed by atoms with Gasteiger partial charge in [0, 0.05) is 11.1 Å². The molecule has 0 fully saturated rings. The molecule has 2 atom stereocenters. The van der Waals surface area contributed by atoms with Crippen molar-refractivity contribution >= 4 is 0 Å². The fourth-order valence-electron chi connectivity index (χ4n) is 5.57. The van der Waals surface area contributed by atoms with Gasteiger partial charge in [-0.1, -0.05) is 87.4 Å². The van der Waals surface area contributed by atoms with Gasteiger partial charge in [-0.15, -0.1) is 0 Å². The van der Waals surface area contributed by atoms with Gasteiger partial charge in [0.2, 0.25) is 0 Å². The van der Waals surface area contributed by atoms with Crippen LogP contribution in [-0.4, -0.2) is 48.2 Å². The molecule has 0 spiro atoms. The maximum atomic E-state index is 2.41. The van der Waals surface area contributed by atoms with Crippen LogP contribution in [0.3, 0.4) is 0 Å². The molecule has 2 rings (SSSR count). The summed E-state index contributed by atoms with van der Waals surface area (Å²) in [6.45, 7) is 19.7. The van der Waals surface area contributed by atoms with E-state index in [4.69, 9.17) is 0 Å². The zero-order valence-corrected chi connectivity index (χ0v) is 23.0. The molecule has 0 radical (unpaired) electrons. The summed E-state index contributed by atoms with van der Waals surface area (Å²) in [6.07, 6.45) is 10.8. The molecule has 0 aliphatic rings. The first-order valence-corrected chi connectivity index (χ1v) is 14.4. The van der Waals surface area contributed by atoms with Crippen LogP contribution in [0.2, 0.25) is 0 Å². The van der Waals surface area contributed by atoms with Gasteiger partial charge in [-0.3, -0.25) is 0 Å². The smallest absolute Gasteiger partial charge is 0.104 e. The molecule has 0 aliphatic heterocycles. The van der Waals surface area contributed by atoms with E-state index >= 15 is 0 Å². The Morgan fingerprint density at radius 2 is 0.794 bits per heavy atom. The van der Waals surface area contributed by atoms with E-state index in [1.165, 1.54) is 124 Å². The van der Waals surface area contributed by atoms with E-state index in [-0.39, 0.29) is 0 Å². The van der Waals surface area contributed by atoms with Gasteiger partial charge in [0.15, 0.2) is 0 Å². The van der Waals surface area contributed by atoms with Crippen LogP contribution in [0.25, 0.3) is 0 Å². The number of rotatable bonds is 19. The molecule has 2 unspecified atom stereocenters. The van der Waals surface area contributed by atoms with Crippen molar-refractivity contribution in [3.8, 4) is 0 Å². The summed E-state index contributed by atoms with van der Waals surface area (Å²) in [4.78, 5) is 0. The molecule has 0 saturated carbocycles. The van der Waals surface area contributed by atoms with E-state index in [2.05, 4.69) is 88.4 Å². The third-order valence-corrected chi connectivity index (χ3v) is 8.05. The summed E-state index contributed by atoms with van der Waals surface area (Å²) in [5.41, 5.74) is 3.00. The van der Waals surface area contributed by atoms with Crippen LogP contribution in [0, 0.1) is 0 Å². The zero-order chi connectivity index (χ0) is 24.5. The Morgan fingerprint density at radius 3 is 1.12 bits per heavy atom. The lowest BCUT2D eigenvalue weighted by Gasteiger charge is -2.39. The second-order valence-electron chi connectivity index (χ2n) is 10.6. The van der Waals surface area contributed by atoms with Crippen molar-refractivity contribution in [3.63, 3.8) is 0 Å². The van der Waals surface area contributed by atoms with Crippen LogP contribution in [0.15, 0.2) is 60.7 Å². The minimum absolute atomic E-state index is 1.20. The quantitative estimate of drug-likeness (QED) is 0.144. The highest BCUT2D eigenvalue weighted by molar-refractivity contribution is 5.14. The van der Waals surface area contributed by atoms with E-state index in [9.17, 15) is 0 Å². The van der Waals surface area contributed by atoms with Crippen molar-refractivity contribution in [2.75, 3.05) is 39.3 Å². The number of hydrogen-bond acceptors (Lipinski definition) is 0. The number of benzene rings is 2. The second-order valence-corrected chi connectivity index (χ2v) is 10.6. The van der Waals surface area contributed by atoms with Gasteiger partial charge in [0.1, 0.15) is 13.1 Å². The molecular weight excluding hydrogens is 412 g/mol. The largest absolute Gasteiger partial charge is 0.320 e. The summed E-state index contributed by atoms with van der Waals surface area (Å²) in [5.74, 6) is 0. The van der Waals surface area contributed by atoms with Crippen molar-refractivity contribution < 1.29 is 8.97 Å². The predicted octanol–water partition coefficient (Wildman–Crippen LogP) is 8.22. The molecular formula is C32H54N2+2. The molecule has 0 bridgehead atoms. The Hall–Kier alpha value is -1.64. The minimum Gasteiger partial charge on any atom is -0.320 e. The first kappa shape index (κ1) is 28.6. The average Bonchev–Trinajstić information content (AvgIpc) is 2.88. The van der Waals surface area contributed by atoms with Gasteiger partial charge in [0.05, 0.1) is 39.3 Å². The van der Waals surface area contributed by atoms with E-state index in [1.807, 2.05) is 0 Å². The summed E-state index contributed by atoms with van der Waals surface area (Å²) in [6, 6.07) is 22.4. The first-order chi connectivity index (χ1) is 16.6. The number of hydrogen-bond donors (Lipinski definition) is 0. The van der Waals surface area contributed by atoms with Gasteiger partial charge < -0.3 is 8.97 Å². The highest BCUT2D eigenvalue weighted by Crippen LogP contribution is 2.21. The third kappa shape index (κ3) is 9.92. The van der Waals surface area contributed by atoms with Crippen LogP contribution in [0.1, 0.15) is 90.2 Å². The van der Waals surface area contributed by atoms with E-state index in [1.54, 1.807) is 0 Å². The standard InChI is InChI=1S/C32H54N2/c1-5-9-25-33(7-3,29-31-21-15-13-16-22-31)27-19-11-12-20-28-34(8-4,26-10-6-2)30-32-23-17-14-18-24-32/h13-18,21-24H,5-12,19-20,25-30H2,1-4H3/q+2. The molecule has 2 aromatic carbocycles. The Morgan fingerprint density at radius 1 is 0.441 bits per heavy atom. The number of unbranched alkanes of at least 4 members (excludes halogenated alkanes) is 5. The van der Waals surface area contributed by atoms with Gasteiger partial charge in [0.25, 0.3) is 0 Å². The van der Waals surface area contributed by atoms with Crippen molar-refractivity contribution in [2.45, 2.75) is 92.2 Å². The maximum Gasteiger partial charge on any atom is 0.104 e. The topological polar surface area (TPSA) is 0 Å². The molecule has 0 aromatic heterocycles. The molecule has 2 heteroatoms. The molecule has 2 aromatic rings. The first-order valence-electron chi connectivity index (χ1n) is 14.4. The fraction of sp³-hybridized carbons (Fsp3) is 0.625. The molecule has 0 amide bonds. The van der Waals surface area contributed by atoms with Crippen LogP contribution in [0.4, 0.5) is 0 Å². The van der Waals surface area contributed by atoms with Crippen LogP contribution in [0.5, 0.6) is 0 Å². The Bertz CT molecular complexity index is 679. The number of quaternary nitrogens is 2. The normalized spacial score (nSPS) is 15.1. The van der Waals surface area contributed by atoms with Gasteiger partial charge in [-0.05, 0) is 52.4 Å². The SMILES string of the molecule is CCCC[N+](CC)(CCCCCC[N+](CC)(CCCC)Cc1ccccc1)Cc1ccccc1. The lowest BCUT2D eigenvalue weighted by Crippen LogP contribution is -2.48. The van der Waals surface area contributed by atoms with Crippen LogP contribution >= 0.6 is 0 Å². The third-order valence-electron chi connectivity index (χ3n) is 8.05. The molecule has 190 valence electrons. The van der Waals surface area contributed by atoms with Crippen molar-refractivity contribution in [3.05, 3.63) is 71.8 Å². The van der Waals surface area contributed by atoms with Gasteiger partial charge in [-0.25, -0.2) is 0 Å². The highest BCUT2D eigenvalue weighted by Gasteiger charge is 2.26. The Labute approximate surface area is 212 Å². The van der Waals surface area contributed by atoms with Crippen molar-refractivity contribution in [2.24, 2.45) is 0 Å². The lowest BCUT2D eigenvalue weighted by molar-refractivity contribution is -0.940. The number of nitrogens with zero attached hydrogens (tertiary/aromatic N) is 2. The summed E-state index contributed by atoms with van der Waals surface area (Å²) < 4.78 is 2.52. The molecule has 2 nitrogen and oxygen atoms in total. The maximum absolute atomic E-state index is 2.41. The van der Waals surface area contributed by atoms with Crippen molar-refractivity contribution in [1.82, 2.24) is 0 Å². The molecule has 0 heterocycles. The average molecular weight is 467 g/mol. The zero-order valence-electron chi connectivity index (χ0n) is 23.0. The van der Waals surface area contributed by atoms with Crippen LogP contribution < -0.4 is 0 Å². The minimum atomic E-state index is 1.20. The molecule has 0 aliphatic carbocycles. The van der Waals surface area contributed by atoms with E-state index in [0.29, 0.717) is 0 Å². The fourth-order valence-corrected chi connectivity index (χ4v) is 5.57. The van der Waals surface area contributed by atoms with Gasteiger partial charge >= 0.3 is 0 Å². The summed E-state index contributed by atoms with van der Waals surface area (Å²) >= 11 is 0. The highest BCUT2D eigenvalue weighted by atomic mass is 15.3. The summed E-state index contributed by atoms with van der Waals surface area (Å²) in [5, 5.41) is 0.